The van der Waals surface area contributed by atoms with Gasteiger partial charge in [-0.25, -0.2) is 4.39 Å². The van der Waals surface area contributed by atoms with E-state index >= 15 is 0 Å². The molecule has 0 radical (unpaired) electrons. The number of nitrogens with zero attached hydrogens (tertiary/aromatic N) is 1. The molecule has 1 atom stereocenters. The fraction of sp³-hybridized carbons (Fsp3) is 0.278. The zero-order valence-corrected chi connectivity index (χ0v) is 14.5. The monoisotopic (exact) mass is 361 g/mol. The van der Waals surface area contributed by atoms with Crippen LogP contribution in [0.4, 0.5) is 15.8 Å². The van der Waals surface area contributed by atoms with Gasteiger partial charge >= 0.3 is 0 Å². The van der Waals surface area contributed by atoms with Crippen LogP contribution < -0.4 is 15.4 Å². The van der Waals surface area contributed by atoms with Crippen molar-refractivity contribution in [1.29, 1.82) is 0 Å². The molecular formula is C18H20FN3O4. The van der Waals surface area contributed by atoms with Crippen molar-refractivity contribution in [1.82, 2.24) is 5.32 Å². The zero-order chi connectivity index (χ0) is 19.1. The smallest absolute Gasteiger partial charge is 0.292 e. The molecule has 1 amide bonds. The van der Waals surface area contributed by atoms with Gasteiger partial charge in [-0.15, -0.1) is 0 Å². The van der Waals surface area contributed by atoms with E-state index in [1.165, 1.54) is 25.3 Å². The Morgan fingerprint density at radius 2 is 2.04 bits per heavy atom. The van der Waals surface area contributed by atoms with Gasteiger partial charge in [0.25, 0.3) is 5.69 Å². The van der Waals surface area contributed by atoms with Gasteiger partial charge < -0.3 is 15.4 Å². The zero-order valence-electron chi connectivity index (χ0n) is 14.5. The van der Waals surface area contributed by atoms with Gasteiger partial charge in [0, 0.05) is 19.0 Å². The van der Waals surface area contributed by atoms with Crippen LogP contribution in [-0.2, 0) is 4.79 Å². The minimum absolute atomic E-state index is 0.0463. The Balaban J connectivity index is 1.87. The summed E-state index contributed by atoms with van der Waals surface area (Å²) in [6, 6.07) is 10.3. The summed E-state index contributed by atoms with van der Waals surface area (Å²) in [7, 11) is 1.38. The average molecular weight is 361 g/mol. The molecule has 0 aliphatic carbocycles. The largest absolute Gasteiger partial charge is 0.494 e. The number of hydrogen-bond donors (Lipinski definition) is 2. The second kappa shape index (κ2) is 8.80. The number of halogens is 1. The van der Waals surface area contributed by atoms with E-state index in [1.807, 2.05) is 0 Å². The average Bonchev–Trinajstić information content (AvgIpc) is 2.61. The third-order valence-corrected chi connectivity index (χ3v) is 3.82. The predicted molar refractivity (Wildman–Crippen MR) is 95.7 cm³/mol. The Labute approximate surface area is 150 Å². The van der Waals surface area contributed by atoms with Gasteiger partial charge in [0.05, 0.1) is 18.1 Å². The van der Waals surface area contributed by atoms with Gasteiger partial charge in [0.1, 0.15) is 5.69 Å². The standard InChI is InChI=1S/C18H20FN3O4/c1-12(13-7-8-17(26-2)14(19)11-13)21-18(23)9-10-20-15-5-3-4-6-16(15)22(24)25/h3-8,11-12,20H,9-10H2,1-2H3,(H,21,23)/t12-/m0/s1. The normalized spacial score (nSPS) is 11.5. The highest BCUT2D eigenvalue weighted by Crippen LogP contribution is 2.23. The predicted octanol–water partition coefficient (Wildman–Crippen LogP) is 3.42. The summed E-state index contributed by atoms with van der Waals surface area (Å²) in [6.07, 6.45) is 0.120. The number of benzene rings is 2. The molecule has 138 valence electrons. The van der Waals surface area contributed by atoms with Crippen molar-refractivity contribution in [3.8, 4) is 5.75 Å². The van der Waals surface area contributed by atoms with Crippen LogP contribution in [0.3, 0.4) is 0 Å². The van der Waals surface area contributed by atoms with Crippen molar-refractivity contribution in [2.45, 2.75) is 19.4 Å². The summed E-state index contributed by atoms with van der Waals surface area (Å²) >= 11 is 0. The van der Waals surface area contributed by atoms with Crippen LogP contribution in [0.2, 0.25) is 0 Å². The summed E-state index contributed by atoms with van der Waals surface area (Å²) < 4.78 is 18.6. The van der Waals surface area contributed by atoms with E-state index in [1.54, 1.807) is 31.2 Å². The van der Waals surface area contributed by atoms with Gasteiger partial charge in [-0.05, 0) is 30.7 Å². The Bertz CT molecular complexity index is 798. The topological polar surface area (TPSA) is 93.5 Å². The van der Waals surface area contributed by atoms with Gasteiger partial charge in [-0.2, -0.15) is 0 Å². The van der Waals surface area contributed by atoms with Crippen molar-refractivity contribution in [3.63, 3.8) is 0 Å². The van der Waals surface area contributed by atoms with E-state index in [0.717, 1.165) is 0 Å². The van der Waals surface area contributed by atoms with Gasteiger partial charge in [-0.3, -0.25) is 14.9 Å². The number of nitro groups is 1. The molecule has 0 bridgehead atoms. The van der Waals surface area contributed by atoms with Crippen LogP contribution in [-0.4, -0.2) is 24.5 Å². The summed E-state index contributed by atoms with van der Waals surface area (Å²) in [6.45, 7) is 1.98. The second-order valence-corrected chi connectivity index (χ2v) is 5.63. The molecule has 7 nitrogen and oxygen atoms in total. The molecule has 0 heterocycles. The number of amides is 1. The maximum absolute atomic E-state index is 13.7. The van der Waals surface area contributed by atoms with Crippen LogP contribution in [0.5, 0.6) is 5.75 Å². The van der Waals surface area contributed by atoms with Crippen LogP contribution >= 0.6 is 0 Å². The maximum Gasteiger partial charge on any atom is 0.292 e. The number of para-hydroxylation sites is 2. The fourth-order valence-electron chi connectivity index (χ4n) is 2.44. The molecule has 26 heavy (non-hydrogen) atoms. The Hall–Kier alpha value is -3.16. The number of nitro benzene ring substituents is 1. The van der Waals surface area contributed by atoms with Crippen LogP contribution in [0.1, 0.15) is 24.9 Å². The van der Waals surface area contributed by atoms with Crippen molar-refractivity contribution in [2.24, 2.45) is 0 Å². The van der Waals surface area contributed by atoms with E-state index in [2.05, 4.69) is 10.6 Å². The molecule has 0 fully saturated rings. The summed E-state index contributed by atoms with van der Waals surface area (Å²) in [5.74, 6) is -0.607. The lowest BCUT2D eigenvalue weighted by atomic mass is 10.1. The molecule has 0 aliphatic rings. The number of ether oxygens (including phenoxy) is 1. The Kier molecular flexibility index (Phi) is 6.48. The number of anilines is 1. The highest BCUT2D eigenvalue weighted by molar-refractivity contribution is 5.77. The first-order valence-electron chi connectivity index (χ1n) is 8.02. The van der Waals surface area contributed by atoms with Crippen LogP contribution in [0, 0.1) is 15.9 Å². The number of carbonyl (C=O) groups is 1. The van der Waals surface area contributed by atoms with Crippen molar-refractivity contribution in [2.75, 3.05) is 19.0 Å². The van der Waals surface area contributed by atoms with Crippen molar-refractivity contribution >= 4 is 17.3 Å². The first kappa shape index (κ1) is 19.2. The quantitative estimate of drug-likeness (QED) is 0.555. The highest BCUT2D eigenvalue weighted by atomic mass is 19.1. The van der Waals surface area contributed by atoms with E-state index in [9.17, 15) is 19.3 Å². The molecule has 2 aromatic rings. The minimum Gasteiger partial charge on any atom is -0.494 e. The lowest BCUT2D eigenvalue weighted by Crippen LogP contribution is -2.28. The lowest BCUT2D eigenvalue weighted by Gasteiger charge is -2.15. The summed E-state index contributed by atoms with van der Waals surface area (Å²) in [5.41, 5.74) is 0.925. The molecule has 0 aliphatic heterocycles. The molecule has 8 heteroatoms. The molecule has 0 saturated heterocycles. The molecule has 0 spiro atoms. The van der Waals surface area contributed by atoms with Gasteiger partial charge in [0.15, 0.2) is 11.6 Å². The SMILES string of the molecule is COc1ccc([C@H](C)NC(=O)CCNc2ccccc2[N+](=O)[O-])cc1F. The molecule has 0 aromatic heterocycles. The number of hydrogen-bond acceptors (Lipinski definition) is 5. The summed E-state index contributed by atoms with van der Waals surface area (Å²) in [4.78, 5) is 22.5. The molecule has 0 saturated carbocycles. The molecular weight excluding hydrogens is 341 g/mol. The van der Waals surface area contributed by atoms with Gasteiger partial charge in [-0.1, -0.05) is 18.2 Å². The number of methoxy groups -OCH3 is 1. The first-order chi connectivity index (χ1) is 12.4. The molecule has 2 rings (SSSR count). The third kappa shape index (κ3) is 4.92. The Morgan fingerprint density at radius 3 is 2.69 bits per heavy atom. The van der Waals surface area contributed by atoms with E-state index in [4.69, 9.17) is 4.74 Å². The summed E-state index contributed by atoms with van der Waals surface area (Å²) in [5, 5.41) is 16.6. The van der Waals surface area contributed by atoms with Crippen LogP contribution in [0.15, 0.2) is 42.5 Å². The molecule has 2 N–H and O–H groups in total. The van der Waals surface area contributed by atoms with E-state index in [0.29, 0.717) is 11.3 Å². The minimum atomic E-state index is -0.496. The first-order valence-corrected chi connectivity index (χ1v) is 8.02. The molecule has 0 unspecified atom stereocenters. The molecule has 2 aromatic carbocycles. The highest BCUT2D eigenvalue weighted by Gasteiger charge is 2.14. The lowest BCUT2D eigenvalue weighted by molar-refractivity contribution is -0.384. The van der Waals surface area contributed by atoms with E-state index < -0.39 is 10.7 Å². The van der Waals surface area contributed by atoms with Gasteiger partial charge in [0.2, 0.25) is 5.91 Å². The second-order valence-electron chi connectivity index (χ2n) is 5.63. The third-order valence-electron chi connectivity index (χ3n) is 3.82. The fourth-order valence-corrected chi connectivity index (χ4v) is 2.44. The van der Waals surface area contributed by atoms with Crippen LogP contribution in [0.25, 0.3) is 0 Å². The maximum atomic E-state index is 13.7. The number of carbonyl (C=O) groups excluding carboxylic acids is 1. The number of rotatable bonds is 8. The Morgan fingerprint density at radius 1 is 1.31 bits per heavy atom. The van der Waals surface area contributed by atoms with Crippen molar-refractivity contribution < 1.29 is 18.8 Å². The number of nitrogens with one attached hydrogen (secondary N) is 2. The van der Waals surface area contributed by atoms with Crippen molar-refractivity contribution in [3.05, 3.63) is 64.0 Å². The van der Waals surface area contributed by atoms with E-state index in [-0.39, 0.29) is 36.4 Å².